The lowest BCUT2D eigenvalue weighted by molar-refractivity contribution is 0.0724. The van der Waals surface area contributed by atoms with E-state index in [-0.39, 0.29) is 24.5 Å². The molecule has 100 valence electrons. The summed E-state index contributed by atoms with van der Waals surface area (Å²) in [5.41, 5.74) is 5.15. The number of hydrogen-bond donors (Lipinski definition) is 4. The lowest BCUT2D eigenvalue weighted by Gasteiger charge is -2.26. The zero-order valence-corrected chi connectivity index (χ0v) is 10.4. The molecule has 0 aliphatic heterocycles. The maximum absolute atomic E-state index is 12.0. The molecule has 0 spiro atoms. The van der Waals surface area contributed by atoms with Gasteiger partial charge >= 0.3 is 0 Å². The lowest BCUT2D eigenvalue weighted by Crippen LogP contribution is -2.51. The number of ether oxygens (including phenoxy) is 1. The van der Waals surface area contributed by atoms with Crippen LogP contribution in [0.1, 0.15) is 17.3 Å². The molecular weight excluding hydrogens is 236 g/mol. The highest BCUT2D eigenvalue weighted by Gasteiger charge is 2.26. The Balaban J connectivity index is 2.98. The van der Waals surface area contributed by atoms with Crippen LogP contribution in [0.25, 0.3) is 0 Å². The summed E-state index contributed by atoms with van der Waals surface area (Å²) in [6.07, 6.45) is 0. The first-order valence-corrected chi connectivity index (χ1v) is 5.44. The fraction of sp³-hybridized carbons (Fsp3) is 0.417. The third-order valence-corrected chi connectivity index (χ3v) is 2.64. The van der Waals surface area contributed by atoms with Gasteiger partial charge in [-0.2, -0.15) is 0 Å². The predicted molar refractivity (Wildman–Crippen MR) is 67.4 cm³/mol. The van der Waals surface area contributed by atoms with Gasteiger partial charge in [0.2, 0.25) is 0 Å². The summed E-state index contributed by atoms with van der Waals surface area (Å²) in [5.74, 6) is -0.0747. The zero-order chi connectivity index (χ0) is 13.8. The van der Waals surface area contributed by atoms with Gasteiger partial charge in [-0.15, -0.1) is 0 Å². The van der Waals surface area contributed by atoms with Crippen LogP contribution in [0.4, 0.5) is 5.69 Å². The van der Waals surface area contributed by atoms with Crippen LogP contribution in [0.5, 0.6) is 5.75 Å². The standard InChI is InChI=1S/C12H18N2O4/c1-12(6-15,7-16)14-11(17)8-4-3-5-9(18-2)10(8)13/h3-5,15-16H,6-7,13H2,1-2H3,(H,14,17). The van der Waals surface area contributed by atoms with Crippen LogP contribution in [0, 0.1) is 0 Å². The van der Waals surface area contributed by atoms with Crippen LogP contribution in [-0.2, 0) is 0 Å². The number of nitrogens with one attached hydrogen (secondary N) is 1. The number of amides is 1. The summed E-state index contributed by atoms with van der Waals surface area (Å²) in [4.78, 5) is 12.0. The number of nitrogens with two attached hydrogens (primary N) is 1. The monoisotopic (exact) mass is 254 g/mol. The van der Waals surface area contributed by atoms with Crippen molar-refractivity contribution in [1.29, 1.82) is 0 Å². The smallest absolute Gasteiger partial charge is 0.254 e. The average Bonchev–Trinajstić information content (AvgIpc) is 2.38. The quantitative estimate of drug-likeness (QED) is 0.542. The molecule has 1 rings (SSSR count). The zero-order valence-electron chi connectivity index (χ0n) is 10.4. The topological polar surface area (TPSA) is 105 Å². The van der Waals surface area contributed by atoms with Gasteiger partial charge in [0.15, 0.2) is 0 Å². The van der Waals surface area contributed by atoms with Crippen molar-refractivity contribution < 1.29 is 19.7 Å². The van der Waals surface area contributed by atoms with Gasteiger partial charge in [0.1, 0.15) is 5.75 Å². The van der Waals surface area contributed by atoms with Crippen molar-refractivity contribution >= 4 is 11.6 Å². The Labute approximate surface area is 105 Å². The van der Waals surface area contributed by atoms with E-state index in [0.717, 1.165) is 0 Å². The molecule has 1 aromatic carbocycles. The second kappa shape index (κ2) is 5.70. The third-order valence-electron chi connectivity index (χ3n) is 2.64. The molecule has 0 aromatic heterocycles. The Morgan fingerprint density at radius 2 is 2.06 bits per heavy atom. The first kappa shape index (κ1) is 14.3. The minimum atomic E-state index is -1.09. The molecule has 0 aliphatic rings. The fourth-order valence-corrected chi connectivity index (χ4v) is 1.39. The van der Waals surface area contributed by atoms with E-state index in [9.17, 15) is 4.79 Å². The van der Waals surface area contributed by atoms with Crippen molar-refractivity contribution in [3.8, 4) is 5.75 Å². The number of para-hydroxylation sites is 1. The molecule has 0 heterocycles. The number of anilines is 1. The van der Waals surface area contributed by atoms with Gasteiger partial charge in [-0.25, -0.2) is 0 Å². The predicted octanol–water partition coefficient (Wildman–Crippen LogP) is -0.250. The molecule has 0 saturated heterocycles. The number of rotatable bonds is 5. The summed E-state index contributed by atoms with van der Waals surface area (Å²) >= 11 is 0. The van der Waals surface area contributed by atoms with Crippen LogP contribution in [-0.4, -0.2) is 42.0 Å². The first-order chi connectivity index (χ1) is 8.47. The molecule has 0 atom stereocenters. The van der Waals surface area contributed by atoms with E-state index in [0.29, 0.717) is 5.75 Å². The largest absolute Gasteiger partial charge is 0.495 e. The molecule has 0 radical (unpaired) electrons. The molecule has 1 amide bonds. The van der Waals surface area contributed by atoms with Gasteiger partial charge in [0, 0.05) is 0 Å². The number of nitrogen functional groups attached to an aromatic ring is 1. The van der Waals surface area contributed by atoms with E-state index in [1.54, 1.807) is 18.2 Å². The summed E-state index contributed by atoms with van der Waals surface area (Å²) in [5, 5.41) is 20.8. The number of carbonyl (C=O) groups excluding carboxylic acids is 1. The van der Waals surface area contributed by atoms with Crippen molar-refractivity contribution in [2.75, 3.05) is 26.1 Å². The normalized spacial score (nSPS) is 11.1. The van der Waals surface area contributed by atoms with Gasteiger partial charge < -0.3 is 26.0 Å². The van der Waals surface area contributed by atoms with E-state index in [2.05, 4.69) is 5.32 Å². The van der Waals surface area contributed by atoms with Gasteiger partial charge in [0.05, 0.1) is 37.1 Å². The minimum absolute atomic E-state index is 0.218. The summed E-state index contributed by atoms with van der Waals surface area (Å²) in [7, 11) is 1.46. The van der Waals surface area contributed by atoms with E-state index in [1.165, 1.54) is 14.0 Å². The molecule has 0 saturated carbocycles. The molecule has 5 N–H and O–H groups in total. The highest BCUT2D eigenvalue weighted by Crippen LogP contribution is 2.24. The maximum atomic E-state index is 12.0. The van der Waals surface area contributed by atoms with E-state index in [1.807, 2.05) is 0 Å². The van der Waals surface area contributed by atoms with Crippen LogP contribution < -0.4 is 15.8 Å². The molecule has 0 bridgehead atoms. The van der Waals surface area contributed by atoms with Crippen molar-refractivity contribution in [1.82, 2.24) is 5.32 Å². The van der Waals surface area contributed by atoms with E-state index >= 15 is 0 Å². The van der Waals surface area contributed by atoms with Crippen LogP contribution in [0.2, 0.25) is 0 Å². The summed E-state index contributed by atoms with van der Waals surface area (Å²) in [6, 6.07) is 4.82. The molecule has 1 aromatic rings. The van der Waals surface area contributed by atoms with Crippen LogP contribution in [0.3, 0.4) is 0 Å². The molecule has 0 aliphatic carbocycles. The van der Waals surface area contributed by atoms with Gasteiger partial charge in [-0.1, -0.05) is 6.07 Å². The molecule has 0 unspecified atom stereocenters. The number of aliphatic hydroxyl groups excluding tert-OH is 2. The Morgan fingerprint density at radius 1 is 1.44 bits per heavy atom. The number of methoxy groups -OCH3 is 1. The Hall–Kier alpha value is -1.79. The van der Waals surface area contributed by atoms with Crippen molar-refractivity contribution in [2.24, 2.45) is 0 Å². The highest BCUT2D eigenvalue weighted by atomic mass is 16.5. The van der Waals surface area contributed by atoms with Crippen molar-refractivity contribution in [3.05, 3.63) is 23.8 Å². The third kappa shape index (κ3) is 2.91. The second-order valence-corrected chi connectivity index (χ2v) is 4.25. The summed E-state index contributed by atoms with van der Waals surface area (Å²) < 4.78 is 5.01. The average molecular weight is 254 g/mol. The fourth-order valence-electron chi connectivity index (χ4n) is 1.39. The number of carbonyl (C=O) groups is 1. The highest BCUT2D eigenvalue weighted by molar-refractivity contribution is 6.00. The van der Waals surface area contributed by atoms with Gasteiger partial charge in [0.25, 0.3) is 5.91 Å². The van der Waals surface area contributed by atoms with E-state index in [4.69, 9.17) is 20.7 Å². The van der Waals surface area contributed by atoms with Gasteiger partial charge in [-0.3, -0.25) is 4.79 Å². The second-order valence-electron chi connectivity index (χ2n) is 4.25. The first-order valence-electron chi connectivity index (χ1n) is 5.44. The number of hydrogen-bond acceptors (Lipinski definition) is 5. The minimum Gasteiger partial charge on any atom is -0.495 e. The molecule has 18 heavy (non-hydrogen) atoms. The number of benzene rings is 1. The van der Waals surface area contributed by atoms with Crippen molar-refractivity contribution in [2.45, 2.75) is 12.5 Å². The SMILES string of the molecule is COc1cccc(C(=O)NC(C)(CO)CO)c1N. The Kier molecular flexibility index (Phi) is 4.52. The van der Waals surface area contributed by atoms with Crippen molar-refractivity contribution in [3.63, 3.8) is 0 Å². The molecular formula is C12H18N2O4. The molecule has 6 nitrogen and oxygen atoms in total. The van der Waals surface area contributed by atoms with E-state index < -0.39 is 11.4 Å². The lowest BCUT2D eigenvalue weighted by atomic mass is 10.0. The maximum Gasteiger partial charge on any atom is 0.254 e. The molecule has 6 heteroatoms. The Bertz CT molecular complexity index is 430. The number of aliphatic hydroxyl groups is 2. The van der Waals surface area contributed by atoms with Crippen LogP contribution >= 0.6 is 0 Å². The van der Waals surface area contributed by atoms with Gasteiger partial charge in [-0.05, 0) is 19.1 Å². The summed E-state index contributed by atoms with van der Waals surface area (Å²) in [6.45, 7) is 0.777. The molecule has 0 fully saturated rings. The van der Waals surface area contributed by atoms with Crippen LogP contribution in [0.15, 0.2) is 18.2 Å². The Morgan fingerprint density at radius 3 is 2.56 bits per heavy atom.